The summed E-state index contributed by atoms with van der Waals surface area (Å²) in [5.74, 6) is 0.231. The quantitative estimate of drug-likeness (QED) is 0.546. The van der Waals surface area contributed by atoms with Gasteiger partial charge in [0, 0.05) is 38.8 Å². The molecule has 0 spiro atoms. The minimum Gasteiger partial charge on any atom is -0.371 e. The van der Waals surface area contributed by atoms with Gasteiger partial charge in [-0.1, -0.05) is 0 Å². The smallest absolute Gasteiger partial charge is 0.360 e. The van der Waals surface area contributed by atoms with Crippen LogP contribution in [0.3, 0.4) is 0 Å². The third-order valence-corrected chi connectivity index (χ3v) is 6.51. The maximum Gasteiger partial charge on any atom is 0.360 e. The molecule has 2 aromatic heterocycles. The largest absolute Gasteiger partial charge is 0.371 e. The number of fused-ring (bicyclic) bond motifs is 2. The van der Waals surface area contributed by atoms with E-state index < -0.39 is 0 Å². The highest BCUT2D eigenvalue weighted by molar-refractivity contribution is 14.1. The van der Waals surface area contributed by atoms with Gasteiger partial charge in [0.2, 0.25) is 0 Å². The van der Waals surface area contributed by atoms with E-state index in [1.807, 2.05) is 34.8 Å². The van der Waals surface area contributed by atoms with Crippen LogP contribution in [0.4, 0.5) is 15.9 Å². The van der Waals surface area contributed by atoms with Crippen LogP contribution in [-0.4, -0.2) is 63.5 Å². The van der Waals surface area contributed by atoms with Gasteiger partial charge in [-0.05, 0) is 27.3 Å². The fourth-order valence-corrected chi connectivity index (χ4v) is 4.45. The van der Waals surface area contributed by atoms with Crippen molar-refractivity contribution in [3.63, 3.8) is 0 Å². The lowest BCUT2D eigenvalue weighted by atomic mass is 10.0. The maximum atomic E-state index is 15.1. The van der Waals surface area contributed by atoms with Gasteiger partial charge in [0.25, 0.3) is 0 Å². The molecular formula is C17H22FIN6O. The summed E-state index contributed by atoms with van der Waals surface area (Å²) in [4.78, 5) is 27.7. The van der Waals surface area contributed by atoms with Crippen molar-refractivity contribution in [3.8, 4) is 0 Å². The molecule has 4 heterocycles. The standard InChI is InChI=1S/C17H22FIN6O/c1-9-7-24-11(8-23(9)4)5-6-22(3)14-12-15(24)21-17(26)25(19)16(12)20-10(2)13(14)18/h9,11H,5-8H2,1-4H3. The Bertz CT molecular complexity index is 947. The Labute approximate surface area is 165 Å². The van der Waals surface area contributed by atoms with Crippen LogP contribution in [0.15, 0.2) is 4.79 Å². The number of halogens is 2. The van der Waals surface area contributed by atoms with Crippen LogP contribution >= 0.6 is 22.9 Å². The normalized spacial score (nSPS) is 23.8. The molecule has 2 atom stereocenters. The molecule has 26 heavy (non-hydrogen) atoms. The first kappa shape index (κ1) is 17.9. The number of hydrogen-bond donors (Lipinski definition) is 0. The van der Waals surface area contributed by atoms with Gasteiger partial charge < -0.3 is 9.80 Å². The van der Waals surface area contributed by atoms with Gasteiger partial charge in [0.05, 0.1) is 39.6 Å². The van der Waals surface area contributed by atoms with Crippen LogP contribution in [0, 0.1) is 12.7 Å². The first-order valence-electron chi connectivity index (χ1n) is 8.76. The fourth-order valence-electron chi connectivity index (χ4n) is 3.99. The van der Waals surface area contributed by atoms with Crippen molar-refractivity contribution >= 4 is 45.4 Å². The Morgan fingerprint density at radius 3 is 2.69 bits per heavy atom. The van der Waals surface area contributed by atoms with E-state index in [-0.39, 0.29) is 17.5 Å². The first-order valence-corrected chi connectivity index (χ1v) is 9.73. The summed E-state index contributed by atoms with van der Waals surface area (Å²) in [5, 5.41) is 0.631. The molecule has 0 aliphatic carbocycles. The van der Waals surface area contributed by atoms with E-state index in [2.05, 4.69) is 33.7 Å². The van der Waals surface area contributed by atoms with Crippen molar-refractivity contribution in [2.75, 3.05) is 43.5 Å². The summed E-state index contributed by atoms with van der Waals surface area (Å²) < 4.78 is 16.4. The monoisotopic (exact) mass is 472 g/mol. The predicted octanol–water partition coefficient (Wildman–Crippen LogP) is 1.79. The lowest BCUT2D eigenvalue weighted by molar-refractivity contribution is 0.195. The van der Waals surface area contributed by atoms with Crippen molar-refractivity contribution in [2.24, 2.45) is 0 Å². The minimum atomic E-state index is -0.369. The highest BCUT2D eigenvalue weighted by atomic mass is 127. The summed E-state index contributed by atoms with van der Waals surface area (Å²) in [6.07, 6.45) is 0.879. The van der Waals surface area contributed by atoms with Gasteiger partial charge in [-0.3, -0.25) is 4.90 Å². The van der Waals surface area contributed by atoms with Gasteiger partial charge >= 0.3 is 5.69 Å². The summed E-state index contributed by atoms with van der Waals surface area (Å²) >= 11 is 1.90. The van der Waals surface area contributed by atoms with E-state index >= 15 is 4.39 Å². The van der Waals surface area contributed by atoms with Gasteiger partial charge in [0.1, 0.15) is 5.82 Å². The summed E-state index contributed by atoms with van der Waals surface area (Å²) in [5.41, 5.74) is 0.898. The Kier molecular flexibility index (Phi) is 4.33. The third-order valence-electron chi connectivity index (χ3n) is 5.64. The molecule has 2 unspecified atom stereocenters. The van der Waals surface area contributed by atoms with E-state index in [0.717, 1.165) is 26.1 Å². The average Bonchev–Trinajstić information content (AvgIpc) is 2.59. The molecule has 1 saturated heterocycles. The number of rotatable bonds is 0. The third kappa shape index (κ3) is 2.58. The van der Waals surface area contributed by atoms with E-state index in [4.69, 9.17) is 0 Å². The minimum absolute atomic E-state index is 0.233. The zero-order valence-corrected chi connectivity index (χ0v) is 17.5. The molecule has 0 saturated carbocycles. The second-order valence-corrected chi connectivity index (χ2v) is 8.33. The van der Waals surface area contributed by atoms with Crippen LogP contribution in [0.1, 0.15) is 19.0 Å². The molecule has 1 fully saturated rings. The molecule has 0 N–H and O–H groups in total. The van der Waals surface area contributed by atoms with Crippen LogP contribution in [0.5, 0.6) is 0 Å². The predicted molar refractivity (Wildman–Crippen MR) is 109 cm³/mol. The van der Waals surface area contributed by atoms with Gasteiger partial charge in [-0.15, -0.1) is 0 Å². The average molecular weight is 472 g/mol. The number of hydrogen-bond acceptors (Lipinski definition) is 6. The number of aromatic nitrogens is 3. The van der Waals surface area contributed by atoms with E-state index in [1.165, 1.54) is 2.78 Å². The zero-order valence-electron chi connectivity index (χ0n) is 15.3. The van der Waals surface area contributed by atoms with Gasteiger partial charge in [0.15, 0.2) is 11.5 Å². The Morgan fingerprint density at radius 2 is 1.96 bits per heavy atom. The Balaban J connectivity index is 2.08. The highest BCUT2D eigenvalue weighted by Crippen LogP contribution is 2.39. The lowest BCUT2D eigenvalue weighted by Gasteiger charge is -2.46. The molecule has 0 bridgehead atoms. The topological polar surface area (TPSA) is 57.5 Å². The molecule has 0 amide bonds. The van der Waals surface area contributed by atoms with Gasteiger partial charge in [-0.25, -0.2) is 16.9 Å². The molecule has 140 valence electrons. The molecule has 2 aliphatic rings. The summed E-state index contributed by atoms with van der Waals surface area (Å²) in [6, 6.07) is 0.560. The van der Waals surface area contributed by atoms with Crippen molar-refractivity contribution in [2.45, 2.75) is 32.4 Å². The maximum absolute atomic E-state index is 15.1. The molecule has 2 aromatic rings. The summed E-state index contributed by atoms with van der Waals surface area (Å²) in [7, 11) is 4.02. The van der Waals surface area contributed by atoms with Crippen molar-refractivity contribution in [1.82, 2.24) is 17.6 Å². The van der Waals surface area contributed by atoms with E-state index in [9.17, 15) is 4.79 Å². The number of nitrogens with zero attached hydrogens (tertiary/aromatic N) is 6. The second-order valence-electron chi connectivity index (χ2n) is 7.36. The van der Waals surface area contributed by atoms with Crippen molar-refractivity contribution < 1.29 is 4.39 Å². The van der Waals surface area contributed by atoms with Crippen LogP contribution in [0.2, 0.25) is 0 Å². The van der Waals surface area contributed by atoms with Gasteiger partial charge in [-0.2, -0.15) is 4.98 Å². The van der Waals surface area contributed by atoms with Crippen molar-refractivity contribution in [3.05, 3.63) is 22.0 Å². The molecule has 0 aromatic carbocycles. The fraction of sp³-hybridized carbons (Fsp3) is 0.588. The number of likely N-dealkylation sites (N-methyl/N-ethyl adjacent to an activating group) is 1. The zero-order chi connectivity index (χ0) is 18.7. The molecular weight excluding hydrogens is 450 g/mol. The summed E-state index contributed by atoms with van der Waals surface area (Å²) in [6.45, 7) is 6.18. The lowest BCUT2D eigenvalue weighted by Crippen LogP contribution is -2.57. The van der Waals surface area contributed by atoms with E-state index in [0.29, 0.717) is 34.3 Å². The van der Waals surface area contributed by atoms with Crippen LogP contribution in [-0.2, 0) is 0 Å². The second kappa shape index (κ2) is 6.29. The first-order chi connectivity index (χ1) is 12.3. The molecule has 7 nitrogen and oxygen atoms in total. The Hall–Kier alpha value is -1.49. The van der Waals surface area contributed by atoms with Crippen LogP contribution in [0.25, 0.3) is 11.0 Å². The molecule has 9 heteroatoms. The molecule has 0 radical (unpaired) electrons. The van der Waals surface area contributed by atoms with Crippen LogP contribution < -0.4 is 15.5 Å². The number of piperazine rings is 1. The number of anilines is 2. The number of pyridine rings is 1. The van der Waals surface area contributed by atoms with Crippen molar-refractivity contribution in [1.29, 1.82) is 0 Å². The highest BCUT2D eigenvalue weighted by Gasteiger charge is 2.35. The van der Waals surface area contributed by atoms with E-state index in [1.54, 1.807) is 6.92 Å². The molecule has 2 aliphatic heterocycles. The Morgan fingerprint density at radius 1 is 1.23 bits per heavy atom. The number of aryl methyl sites for hydroxylation is 1. The SMILES string of the molecule is Cc1nc2c3c(nc(=O)n2I)N2CC(C)N(C)CC2CCN(C)c3c1F. The molecule has 4 rings (SSSR count).